The zero-order chi connectivity index (χ0) is 18.0. The molecule has 1 heterocycles. The molecule has 0 aromatic carbocycles. The lowest BCUT2D eigenvalue weighted by Gasteiger charge is -2.58. The van der Waals surface area contributed by atoms with Gasteiger partial charge in [0.2, 0.25) is 0 Å². The van der Waals surface area contributed by atoms with Crippen molar-refractivity contribution in [3.8, 4) is 0 Å². The molecule has 1 aliphatic heterocycles. The van der Waals surface area contributed by atoms with Gasteiger partial charge in [-0.15, -0.1) is 0 Å². The quantitative estimate of drug-likeness (QED) is 0.554. The Bertz CT molecular complexity index is 622. The molecule has 4 unspecified atom stereocenters. The van der Waals surface area contributed by atoms with Crippen molar-refractivity contribution < 1.29 is 19.0 Å². The molecule has 4 heteroatoms. The fourth-order valence-corrected chi connectivity index (χ4v) is 7.49. The van der Waals surface area contributed by atoms with E-state index in [1.807, 2.05) is 7.11 Å². The monoisotopic (exact) mass is 360 g/mol. The van der Waals surface area contributed by atoms with Gasteiger partial charge < -0.3 is 19.0 Å². The summed E-state index contributed by atoms with van der Waals surface area (Å²) in [5.41, 5.74) is 1.58. The van der Waals surface area contributed by atoms with Crippen LogP contribution in [0.15, 0.2) is 11.6 Å². The molecule has 0 radical (unpaired) electrons. The molecule has 0 aromatic heterocycles. The Hall–Kier alpha value is -0.710. The number of carbonyl (C=O) groups excluding carboxylic acids is 1. The van der Waals surface area contributed by atoms with Gasteiger partial charge in [0.1, 0.15) is 6.29 Å². The minimum absolute atomic E-state index is 0.135. The zero-order valence-electron chi connectivity index (χ0n) is 16.2. The average molecular weight is 360 g/mol. The molecule has 6 atom stereocenters. The van der Waals surface area contributed by atoms with Gasteiger partial charge in [0.15, 0.2) is 5.79 Å². The maximum absolute atomic E-state index is 11.6. The van der Waals surface area contributed by atoms with Crippen molar-refractivity contribution in [3.63, 3.8) is 0 Å². The smallest absolute Gasteiger partial charge is 0.169 e. The predicted octanol–water partition coefficient (Wildman–Crippen LogP) is 3.89. The lowest BCUT2D eigenvalue weighted by Crippen LogP contribution is -2.57. The Morgan fingerprint density at radius 3 is 2.69 bits per heavy atom. The van der Waals surface area contributed by atoms with Gasteiger partial charge in [0.25, 0.3) is 0 Å². The van der Waals surface area contributed by atoms with Crippen LogP contribution in [0.1, 0.15) is 58.3 Å². The van der Waals surface area contributed by atoms with Crippen LogP contribution in [-0.2, 0) is 19.0 Å². The van der Waals surface area contributed by atoms with Gasteiger partial charge in [-0.05, 0) is 67.3 Å². The molecule has 144 valence electrons. The third-order valence-corrected chi connectivity index (χ3v) is 8.88. The summed E-state index contributed by atoms with van der Waals surface area (Å²) in [6.45, 7) is 3.82. The summed E-state index contributed by atoms with van der Waals surface area (Å²) in [6, 6.07) is 0. The fourth-order valence-electron chi connectivity index (χ4n) is 7.49. The van der Waals surface area contributed by atoms with E-state index in [1.54, 1.807) is 5.57 Å². The topological polar surface area (TPSA) is 44.8 Å². The molecule has 5 aliphatic rings. The molecule has 1 saturated heterocycles. The summed E-state index contributed by atoms with van der Waals surface area (Å²) in [4.78, 5) is 11.6. The Kier molecular flexibility index (Phi) is 3.94. The van der Waals surface area contributed by atoms with Crippen molar-refractivity contribution in [2.75, 3.05) is 20.3 Å². The van der Waals surface area contributed by atoms with Gasteiger partial charge in [-0.25, -0.2) is 0 Å². The van der Waals surface area contributed by atoms with Crippen LogP contribution in [0.5, 0.6) is 0 Å². The normalized spacial score (nSPS) is 49.2. The Morgan fingerprint density at radius 1 is 1.15 bits per heavy atom. The number of rotatable bonds is 2. The van der Waals surface area contributed by atoms with E-state index in [-0.39, 0.29) is 22.7 Å². The average Bonchev–Trinajstić information content (AvgIpc) is 3.25. The summed E-state index contributed by atoms with van der Waals surface area (Å²) in [7, 11) is 1.90. The molecule has 26 heavy (non-hydrogen) atoms. The van der Waals surface area contributed by atoms with Crippen molar-refractivity contribution in [1.82, 2.24) is 0 Å². The minimum atomic E-state index is -0.348. The van der Waals surface area contributed by atoms with E-state index in [2.05, 4.69) is 13.0 Å². The molecule has 4 aliphatic carbocycles. The molecule has 1 spiro atoms. The largest absolute Gasteiger partial charge is 0.374 e. The summed E-state index contributed by atoms with van der Waals surface area (Å²) in [5, 5.41) is 0. The molecular formula is C22H32O4. The minimum Gasteiger partial charge on any atom is -0.374 e. The highest BCUT2D eigenvalue weighted by atomic mass is 16.7. The molecule has 0 amide bonds. The van der Waals surface area contributed by atoms with Gasteiger partial charge >= 0.3 is 0 Å². The highest BCUT2D eigenvalue weighted by Crippen LogP contribution is 2.64. The molecule has 0 N–H and O–H groups in total. The summed E-state index contributed by atoms with van der Waals surface area (Å²) in [6.07, 6.45) is 12.3. The number of fused-ring (bicyclic) bond motifs is 5. The van der Waals surface area contributed by atoms with E-state index in [4.69, 9.17) is 14.2 Å². The van der Waals surface area contributed by atoms with Crippen LogP contribution in [0.4, 0.5) is 0 Å². The van der Waals surface area contributed by atoms with E-state index in [0.29, 0.717) is 17.8 Å². The van der Waals surface area contributed by atoms with Gasteiger partial charge in [0.05, 0.1) is 18.8 Å². The van der Waals surface area contributed by atoms with Crippen molar-refractivity contribution >= 4 is 6.29 Å². The Balaban J connectivity index is 1.48. The first-order chi connectivity index (χ1) is 12.6. The van der Waals surface area contributed by atoms with Crippen LogP contribution in [0, 0.1) is 29.1 Å². The van der Waals surface area contributed by atoms with Crippen LogP contribution in [0.2, 0.25) is 0 Å². The third-order valence-electron chi connectivity index (χ3n) is 8.88. The van der Waals surface area contributed by atoms with Crippen LogP contribution < -0.4 is 0 Å². The molecule has 0 aromatic rings. The van der Waals surface area contributed by atoms with E-state index in [0.717, 1.165) is 45.3 Å². The molecule has 4 nitrogen and oxygen atoms in total. The van der Waals surface area contributed by atoms with Crippen molar-refractivity contribution in [1.29, 1.82) is 0 Å². The molecular weight excluding hydrogens is 328 g/mol. The van der Waals surface area contributed by atoms with Gasteiger partial charge in [-0.1, -0.05) is 13.0 Å². The van der Waals surface area contributed by atoms with Gasteiger partial charge in [-0.3, -0.25) is 0 Å². The molecule has 5 rings (SSSR count). The number of hydrogen-bond acceptors (Lipinski definition) is 4. The van der Waals surface area contributed by atoms with Crippen molar-refractivity contribution in [2.45, 2.75) is 69.7 Å². The second-order valence-electron chi connectivity index (χ2n) is 9.58. The van der Waals surface area contributed by atoms with Gasteiger partial charge in [-0.2, -0.15) is 0 Å². The number of carbonyl (C=O) groups is 1. The highest BCUT2D eigenvalue weighted by molar-refractivity contribution is 5.56. The number of methoxy groups -OCH3 is 1. The van der Waals surface area contributed by atoms with Crippen molar-refractivity contribution in [2.24, 2.45) is 29.1 Å². The lowest BCUT2D eigenvalue weighted by molar-refractivity contribution is -0.227. The summed E-state index contributed by atoms with van der Waals surface area (Å²) >= 11 is 0. The van der Waals surface area contributed by atoms with Crippen LogP contribution >= 0.6 is 0 Å². The van der Waals surface area contributed by atoms with E-state index >= 15 is 0 Å². The zero-order valence-corrected chi connectivity index (χ0v) is 16.2. The maximum Gasteiger partial charge on any atom is 0.169 e. The highest BCUT2D eigenvalue weighted by Gasteiger charge is 2.61. The first-order valence-electron chi connectivity index (χ1n) is 10.6. The molecule has 3 saturated carbocycles. The van der Waals surface area contributed by atoms with E-state index in [9.17, 15) is 4.79 Å². The standard InChI is InChI=1S/C22H32O4/c1-20-8-7-19-17(18(20)6-4-16(20)14-23)5-3-15-13-21(25-11-12-26-21)9-10-22(15,19)24-2/h7,14-18H,3-6,8-13H2,1-2H3/t15?,16-,17?,18?,20-,22?/m1/s1. The predicted molar refractivity (Wildman–Crippen MR) is 97.5 cm³/mol. The first kappa shape index (κ1) is 17.4. The molecule has 4 fully saturated rings. The summed E-state index contributed by atoms with van der Waals surface area (Å²) < 4.78 is 18.4. The SMILES string of the molecule is COC12CCC3(CC1CCC1C2=CC[C@@]2(C)C1CC[C@@H]2C=O)OCCO3. The third kappa shape index (κ3) is 2.15. The van der Waals surface area contributed by atoms with Crippen LogP contribution in [-0.4, -0.2) is 38.0 Å². The second kappa shape index (κ2) is 5.89. The van der Waals surface area contributed by atoms with Gasteiger partial charge in [0, 0.05) is 25.9 Å². The maximum atomic E-state index is 11.6. The number of ether oxygens (including phenoxy) is 3. The van der Waals surface area contributed by atoms with E-state index in [1.165, 1.54) is 25.5 Å². The number of aldehydes is 1. The van der Waals surface area contributed by atoms with Crippen LogP contribution in [0.25, 0.3) is 0 Å². The first-order valence-corrected chi connectivity index (χ1v) is 10.6. The lowest BCUT2D eigenvalue weighted by atomic mass is 9.52. The molecule has 0 bridgehead atoms. The fraction of sp³-hybridized carbons (Fsp3) is 0.864. The van der Waals surface area contributed by atoms with E-state index < -0.39 is 0 Å². The second-order valence-corrected chi connectivity index (χ2v) is 9.58. The van der Waals surface area contributed by atoms with Crippen LogP contribution in [0.3, 0.4) is 0 Å². The summed E-state index contributed by atoms with van der Waals surface area (Å²) in [5.74, 6) is 1.60. The number of hydrogen-bond donors (Lipinski definition) is 0. The Labute approximate surface area is 156 Å². The Morgan fingerprint density at radius 2 is 1.96 bits per heavy atom. The van der Waals surface area contributed by atoms with Crippen molar-refractivity contribution in [3.05, 3.63) is 11.6 Å². The number of allylic oxidation sites excluding steroid dienone is 1.